The summed E-state index contributed by atoms with van der Waals surface area (Å²) in [7, 11) is 4.80. The lowest BCUT2D eigenvalue weighted by Gasteiger charge is -2.16. The third-order valence-electron chi connectivity index (χ3n) is 1.79. The standard InChI is InChI=1S/C9H20O4.C3H8O2.C3H6.C2H6O/c1-7(11)5-12-9(3)6-13-8(2)4-10;1-5-3-2-4;2*1-3-2/h7-11H,4-6H2,1-3H3;4H,2-3H2,1H3;3H,1H2,2H3;1-2H3. The summed E-state index contributed by atoms with van der Waals surface area (Å²) in [5.74, 6) is 0. The summed E-state index contributed by atoms with van der Waals surface area (Å²) in [6.45, 7) is 11.9. The van der Waals surface area contributed by atoms with E-state index in [1.54, 1.807) is 41.3 Å². The van der Waals surface area contributed by atoms with Crippen LogP contribution in [0.4, 0.5) is 0 Å². The van der Waals surface area contributed by atoms with Gasteiger partial charge in [0.05, 0.1) is 51.3 Å². The molecular formula is C17H40O7. The maximum Gasteiger partial charge on any atom is 0.0781 e. The van der Waals surface area contributed by atoms with Crippen LogP contribution in [-0.2, 0) is 18.9 Å². The minimum absolute atomic E-state index is 0.0170. The Balaban J connectivity index is -0.000000149. The molecule has 0 aromatic heterocycles. The second-order valence-corrected chi connectivity index (χ2v) is 4.85. The number of methoxy groups -OCH3 is 2. The highest BCUT2D eigenvalue weighted by atomic mass is 16.5. The molecular weight excluding hydrogens is 316 g/mol. The molecule has 0 bridgehead atoms. The molecule has 3 unspecified atom stereocenters. The molecule has 0 saturated heterocycles. The molecule has 0 spiro atoms. The number of ether oxygens (including phenoxy) is 4. The first-order valence-electron chi connectivity index (χ1n) is 7.90. The van der Waals surface area contributed by atoms with Crippen molar-refractivity contribution in [1.29, 1.82) is 0 Å². The normalized spacial score (nSPS) is 12.9. The molecule has 3 N–H and O–H groups in total. The number of hydrogen-bond donors (Lipinski definition) is 3. The highest BCUT2D eigenvalue weighted by Crippen LogP contribution is 1.97. The van der Waals surface area contributed by atoms with E-state index in [-0.39, 0.29) is 25.4 Å². The smallest absolute Gasteiger partial charge is 0.0781 e. The van der Waals surface area contributed by atoms with Gasteiger partial charge in [-0.15, -0.1) is 6.58 Å². The van der Waals surface area contributed by atoms with Gasteiger partial charge < -0.3 is 34.3 Å². The van der Waals surface area contributed by atoms with Crippen molar-refractivity contribution in [3.63, 3.8) is 0 Å². The van der Waals surface area contributed by atoms with E-state index >= 15 is 0 Å². The summed E-state index contributed by atoms with van der Waals surface area (Å²) in [5, 5.41) is 25.5. The Morgan fingerprint density at radius 1 is 0.958 bits per heavy atom. The van der Waals surface area contributed by atoms with Gasteiger partial charge in [0, 0.05) is 21.3 Å². The molecule has 0 radical (unpaired) electrons. The Hall–Kier alpha value is -0.540. The third-order valence-corrected chi connectivity index (χ3v) is 1.79. The lowest BCUT2D eigenvalue weighted by molar-refractivity contribution is -0.0620. The van der Waals surface area contributed by atoms with Crippen LogP contribution >= 0.6 is 0 Å². The molecule has 0 amide bonds. The van der Waals surface area contributed by atoms with Crippen molar-refractivity contribution < 1.29 is 34.3 Å². The quantitative estimate of drug-likeness (QED) is 0.535. The molecule has 24 heavy (non-hydrogen) atoms. The third kappa shape index (κ3) is 49.6. The van der Waals surface area contributed by atoms with Crippen LogP contribution in [0.1, 0.15) is 27.7 Å². The van der Waals surface area contributed by atoms with E-state index in [4.69, 9.17) is 24.8 Å². The zero-order valence-corrected chi connectivity index (χ0v) is 16.5. The van der Waals surface area contributed by atoms with Crippen LogP contribution in [0.25, 0.3) is 0 Å². The Morgan fingerprint density at radius 2 is 1.38 bits per heavy atom. The fraction of sp³-hybridized carbons (Fsp3) is 0.882. The van der Waals surface area contributed by atoms with Gasteiger partial charge in [0.1, 0.15) is 0 Å². The van der Waals surface area contributed by atoms with Crippen LogP contribution in [0.3, 0.4) is 0 Å². The largest absolute Gasteiger partial charge is 0.394 e. The van der Waals surface area contributed by atoms with Gasteiger partial charge in [-0.3, -0.25) is 0 Å². The van der Waals surface area contributed by atoms with E-state index < -0.39 is 6.10 Å². The fourth-order valence-corrected chi connectivity index (χ4v) is 0.795. The average molecular weight is 357 g/mol. The summed E-state index contributed by atoms with van der Waals surface area (Å²) in [4.78, 5) is 0. The summed E-state index contributed by atoms with van der Waals surface area (Å²) < 4.78 is 19.2. The Labute approximate surface area is 148 Å². The molecule has 7 nitrogen and oxygen atoms in total. The van der Waals surface area contributed by atoms with Gasteiger partial charge in [-0.05, 0) is 27.7 Å². The summed E-state index contributed by atoms with van der Waals surface area (Å²) in [5.41, 5.74) is 0. The molecule has 0 fully saturated rings. The van der Waals surface area contributed by atoms with Crippen LogP contribution in [0.5, 0.6) is 0 Å². The van der Waals surface area contributed by atoms with Gasteiger partial charge >= 0.3 is 0 Å². The van der Waals surface area contributed by atoms with Crippen molar-refractivity contribution in [3.05, 3.63) is 12.7 Å². The number of rotatable bonds is 9. The van der Waals surface area contributed by atoms with E-state index in [9.17, 15) is 0 Å². The first-order chi connectivity index (χ1) is 11.3. The SMILES string of the molecule is C=CC.CC(O)COC(C)COC(C)CO.COC.COCCO. The second-order valence-electron chi connectivity index (χ2n) is 4.85. The monoisotopic (exact) mass is 356 g/mol. The zero-order valence-electron chi connectivity index (χ0n) is 16.5. The van der Waals surface area contributed by atoms with Gasteiger partial charge in [-0.1, -0.05) is 6.08 Å². The highest BCUT2D eigenvalue weighted by Gasteiger charge is 2.06. The van der Waals surface area contributed by atoms with Gasteiger partial charge in [-0.2, -0.15) is 0 Å². The lowest BCUT2D eigenvalue weighted by Crippen LogP contribution is -2.24. The second kappa shape index (κ2) is 30.4. The summed E-state index contributed by atoms with van der Waals surface area (Å²) >= 11 is 0. The van der Waals surface area contributed by atoms with Crippen LogP contribution in [0.2, 0.25) is 0 Å². The first kappa shape index (κ1) is 31.3. The van der Waals surface area contributed by atoms with E-state index in [2.05, 4.69) is 16.1 Å². The van der Waals surface area contributed by atoms with Gasteiger partial charge in [0.15, 0.2) is 0 Å². The van der Waals surface area contributed by atoms with Crippen molar-refractivity contribution in [2.75, 3.05) is 54.4 Å². The minimum atomic E-state index is -0.447. The summed E-state index contributed by atoms with van der Waals surface area (Å²) in [6, 6.07) is 0. The Morgan fingerprint density at radius 3 is 1.62 bits per heavy atom. The van der Waals surface area contributed by atoms with Gasteiger partial charge in [0.2, 0.25) is 0 Å². The summed E-state index contributed by atoms with van der Waals surface area (Å²) in [6.07, 6.45) is 1.10. The van der Waals surface area contributed by atoms with Crippen molar-refractivity contribution in [1.82, 2.24) is 0 Å². The molecule has 0 heterocycles. The highest BCUT2D eigenvalue weighted by molar-refractivity contribution is 4.53. The van der Waals surface area contributed by atoms with E-state index in [0.29, 0.717) is 19.8 Å². The molecule has 0 saturated carbocycles. The fourth-order valence-electron chi connectivity index (χ4n) is 0.795. The predicted octanol–water partition coefficient (Wildman–Crippen LogP) is 1.25. The van der Waals surface area contributed by atoms with Crippen LogP contribution < -0.4 is 0 Å². The van der Waals surface area contributed by atoms with Crippen LogP contribution in [-0.4, -0.2) is 88.0 Å². The number of hydrogen-bond acceptors (Lipinski definition) is 7. The van der Waals surface area contributed by atoms with Crippen molar-refractivity contribution >= 4 is 0 Å². The molecule has 0 rings (SSSR count). The Bertz CT molecular complexity index is 199. The molecule has 7 heteroatoms. The average Bonchev–Trinajstić information content (AvgIpc) is 2.53. The molecule has 3 atom stereocenters. The number of aliphatic hydroxyl groups excluding tert-OH is 3. The van der Waals surface area contributed by atoms with E-state index in [0.717, 1.165) is 0 Å². The van der Waals surface area contributed by atoms with Crippen molar-refractivity contribution in [2.45, 2.75) is 46.0 Å². The van der Waals surface area contributed by atoms with Crippen LogP contribution in [0.15, 0.2) is 12.7 Å². The van der Waals surface area contributed by atoms with Crippen molar-refractivity contribution in [3.8, 4) is 0 Å². The molecule has 0 aliphatic rings. The molecule has 150 valence electrons. The maximum atomic E-state index is 8.92. The van der Waals surface area contributed by atoms with Gasteiger partial charge in [-0.25, -0.2) is 0 Å². The molecule has 0 aromatic rings. The lowest BCUT2D eigenvalue weighted by atomic mass is 10.4. The van der Waals surface area contributed by atoms with Crippen molar-refractivity contribution in [2.24, 2.45) is 0 Å². The first-order valence-corrected chi connectivity index (χ1v) is 7.90. The van der Waals surface area contributed by atoms with Crippen LogP contribution in [0, 0.1) is 0 Å². The number of aliphatic hydroxyl groups is 3. The van der Waals surface area contributed by atoms with E-state index in [1.807, 2.05) is 13.8 Å². The predicted molar refractivity (Wildman–Crippen MR) is 97.4 cm³/mol. The molecule has 0 aliphatic carbocycles. The minimum Gasteiger partial charge on any atom is -0.394 e. The van der Waals surface area contributed by atoms with Gasteiger partial charge in [0.25, 0.3) is 0 Å². The van der Waals surface area contributed by atoms with E-state index in [1.165, 1.54) is 0 Å². The Kier molecular flexibility index (Phi) is 39.5. The topological polar surface area (TPSA) is 97.6 Å². The molecule has 0 aliphatic heterocycles. The number of allylic oxidation sites excluding steroid dienone is 1. The molecule has 0 aromatic carbocycles. The maximum absolute atomic E-state index is 8.92. The zero-order chi connectivity index (χ0) is 19.8.